The fourth-order valence-electron chi connectivity index (χ4n) is 2.72. The zero-order chi connectivity index (χ0) is 12.4. The van der Waals surface area contributed by atoms with Crippen LogP contribution in [0.15, 0.2) is 54.6 Å². The van der Waals surface area contributed by atoms with E-state index in [1.165, 1.54) is 23.1 Å². The van der Waals surface area contributed by atoms with Gasteiger partial charge >= 0.3 is 0 Å². The smallest absolute Gasteiger partial charge is 0.0292 e. The molecule has 18 heavy (non-hydrogen) atoms. The molecule has 0 aromatic heterocycles. The molecule has 1 unspecified atom stereocenters. The van der Waals surface area contributed by atoms with Gasteiger partial charge in [0.2, 0.25) is 0 Å². The molecule has 2 aromatic rings. The van der Waals surface area contributed by atoms with Gasteiger partial charge in [-0.05, 0) is 30.0 Å². The van der Waals surface area contributed by atoms with Gasteiger partial charge in [0, 0.05) is 18.5 Å². The summed E-state index contributed by atoms with van der Waals surface area (Å²) in [6.45, 7) is 3.31. The van der Waals surface area contributed by atoms with Crippen molar-refractivity contribution in [2.75, 3.05) is 6.54 Å². The molecular formula is C17H19N. The molecule has 92 valence electrons. The number of nitrogens with one attached hydrogen (secondary N) is 1. The molecule has 1 N–H and O–H groups in total. The molecule has 0 saturated heterocycles. The minimum atomic E-state index is 0.430. The molecule has 1 aliphatic rings. The Balaban J connectivity index is 1.58. The SMILES string of the molecule is C[C@H](NCC1Cc2ccccc21)c1ccccc1. The monoisotopic (exact) mass is 237 g/mol. The third kappa shape index (κ3) is 2.19. The number of benzene rings is 2. The maximum Gasteiger partial charge on any atom is 0.0292 e. The van der Waals surface area contributed by atoms with E-state index in [-0.39, 0.29) is 0 Å². The van der Waals surface area contributed by atoms with Crippen LogP contribution in [0.4, 0.5) is 0 Å². The summed E-state index contributed by atoms with van der Waals surface area (Å²) >= 11 is 0. The highest BCUT2D eigenvalue weighted by molar-refractivity contribution is 5.40. The highest BCUT2D eigenvalue weighted by Gasteiger charge is 2.25. The van der Waals surface area contributed by atoms with Crippen LogP contribution in [-0.2, 0) is 6.42 Å². The molecule has 0 aliphatic heterocycles. The van der Waals surface area contributed by atoms with Crippen molar-refractivity contribution in [3.05, 3.63) is 71.3 Å². The molecule has 0 amide bonds. The molecule has 1 aliphatic carbocycles. The van der Waals surface area contributed by atoms with Crippen molar-refractivity contribution in [3.63, 3.8) is 0 Å². The van der Waals surface area contributed by atoms with Crippen LogP contribution in [0.25, 0.3) is 0 Å². The summed E-state index contributed by atoms with van der Waals surface area (Å²) < 4.78 is 0. The summed E-state index contributed by atoms with van der Waals surface area (Å²) in [6, 6.07) is 19.9. The van der Waals surface area contributed by atoms with Crippen molar-refractivity contribution in [2.45, 2.75) is 25.3 Å². The van der Waals surface area contributed by atoms with Crippen molar-refractivity contribution in [3.8, 4) is 0 Å². The lowest BCUT2D eigenvalue weighted by Gasteiger charge is -2.31. The van der Waals surface area contributed by atoms with Crippen LogP contribution < -0.4 is 5.32 Å². The lowest BCUT2D eigenvalue weighted by atomic mass is 9.77. The summed E-state index contributed by atoms with van der Waals surface area (Å²) in [7, 11) is 0. The second kappa shape index (κ2) is 4.95. The van der Waals surface area contributed by atoms with Crippen LogP contribution in [0.5, 0.6) is 0 Å². The Morgan fingerprint density at radius 1 is 1.06 bits per heavy atom. The highest BCUT2D eigenvalue weighted by atomic mass is 14.9. The number of hydrogen-bond donors (Lipinski definition) is 1. The summed E-state index contributed by atoms with van der Waals surface area (Å²) in [5.41, 5.74) is 4.42. The van der Waals surface area contributed by atoms with Crippen molar-refractivity contribution >= 4 is 0 Å². The fourth-order valence-corrected chi connectivity index (χ4v) is 2.72. The molecular weight excluding hydrogens is 218 g/mol. The summed E-state index contributed by atoms with van der Waals surface area (Å²) in [4.78, 5) is 0. The second-order valence-corrected chi connectivity index (χ2v) is 5.14. The van der Waals surface area contributed by atoms with Gasteiger partial charge in [0.15, 0.2) is 0 Å². The van der Waals surface area contributed by atoms with Gasteiger partial charge in [-0.25, -0.2) is 0 Å². The number of rotatable bonds is 4. The van der Waals surface area contributed by atoms with Gasteiger partial charge in [-0.15, -0.1) is 0 Å². The van der Waals surface area contributed by atoms with Gasteiger partial charge < -0.3 is 5.32 Å². The molecule has 0 bridgehead atoms. The Morgan fingerprint density at radius 3 is 2.56 bits per heavy atom. The van der Waals surface area contributed by atoms with Gasteiger partial charge in [-0.1, -0.05) is 54.6 Å². The Morgan fingerprint density at radius 2 is 1.78 bits per heavy atom. The lowest BCUT2D eigenvalue weighted by molar-refractivity contribution is 0.489. The zero-order valence-corrected chi connectivity index (χ0v) is 10.8. The quantitative estimate of drug-likeness (QED) is 0.855. The van der Waals surface area contributed by atoms with Gasteiger partial charge in [0.25, 0.3) is 0 Å². The molecule has 2 aromatic carbocycles. The normalized spacial score (nSPS) is 18.8. The molecule has 1 heteroatoms. The van der Waals surface area contributed by atoms with Gasteiger partial charge in [-0.2, -0.15) is 0 Å². The van der Waals surface area contributed by atoms with E-state index in [9.17, 15) is 0 Å². The fraction of sp³-hybridized carbons (Fsp3) is 0.294. The van der Waals surface area contributed by atoms with Crippen LogP contribution in [0.3, 0.4) is 0 Å². The average molecular weight is 237 g/mol. The first-order valence-electron chi connectivity index (χ1n) is 6.71. The predicted molar refractivity (Wildman–Crippen MR) is 75.7 cm³/mol. The first kappa shape index (κ1) is 11.5. The van der Waals surface area contributed by atoms with Crippen LogP contribution in [0.1, 0.15) is 35.6 Å². The molecule has 1 nitrogen and oxygen atoms in total. The Labute approximate surface area is 109 Å². The van der Waals surface area contributed by atoms with Crippen molar-refractivity contribution < 1.29 is 0 Å². The minimum absolute atomic E-state index is 0.430. The van der Waals surface area contributed by atoms with E-state index in [0.29, 0.717) is 12.0 Å². The van der Waals surface area contributed by atoms with Gasteiger partial charge in [-0.3, -0.25) is 0 Å². The Hall–Kier alpha value is -1.60. The average Bonchev–Trinajstić information content (AvgIpc) is 2.40. The molecule has 0 fully saturated rings. The van der Waals surface area contributed by atoms with E-state index in [4.69, 9.17) is 0 Å². The molecule has 0 heterocycles. The van der Waals surface area contributed by atoms with E-state index in [0.717, 1.165) is 6.54 Å². The maximum atomic E-state index is 3.64. The standard InChI is InChI=1S/C17H19N/c1-13(14-7-3-2-4-8-14)18-12-16-11-15-9-5-6-10-17(15)16/h2-10,13,16,18H,11-12H2,1H3/t13-,16?/m0/s1. The predicted octanol–water partition coefficient (Wildman–Crippen LogP) is 3.68. The molecule has 0 radical (unpaired) electrons. The molecule has 2 atom stereocenters. The third-order valence-electron chi connectivity index (χ3n) is 3.93. The lowest BCUT2D eigenvalue weighted by Crippen LogP contribution is -2.30. The van der Waals surface area contributed by atoms with Crippen LogP contribution in [-0.4, -0.2) is 6.54 Å². The highest BCUT2D eigenvalue weighted by Crippen LogP contribution is 2.34. The minimum Gasteiger partial charge on any atom is -0.310 e. The van der Waals surface area contributed by atoms with E-state index in [1.807, 2.05) is 0 Å². The van der Waals surface area contributed by atoms with Crippen LogP contribution in [0, 0.1) is 0 Å². The number of fused-ring (bicyclic) bond motifs is 1. The largest absolute Gasteiger partial charge is 0.310 e. The van der Waals surface area contributed by atoms with E-state index >= 15 is 0 Å². The maximum absolute atomic E-state index is 3.64. The Kier molecular flexibility index (Phi) is 3.16. The Bertz CT molecular complexity index is 516. The first-order valence-corrected chi connectivity index (χ1v) is 6.71. The summed E-state index contributed by atoms with van der Waals surface area (Å²) in [6.07, 6.45) is 1.23. The van der Waals surface area contributed by atoms with Crippen molar-refractivity contribution in [1.82, 2.24) is 5.32 Å². The first-order chi connectivity index (χ1) is 8.84. The summed E-state index contributed by atoms with van der Waals surface area (Å²) in [5.74, 6) is 0.701. The van der Waals surface area contributed by atoms with E-state index < -0.39 is 0 Å². The van der Waals surface area contributed by atoms with Crippen LogP contribution >= 0.6 is 0 Å². The summed E-state index contributed by atoms with van der Waals surface area (Å²) in [5, 5.41) is 3.64. The molecule has 0 saturated carbocycles. The van der Waals surface area contributed by atoms with Crippen LogP contribution in [0.2, 0.25) is 0 Å². The van der Waals surface area contributed by atoms with Crippen molar-refractivity contribution in [2.24, 2.45) is 0 Å². The third-order valence-corrected chi connectivity index (χ3v) is 3.93. The van der Waals surface area contributed by atoms with E-state index in [2.05, 4.69) is 66.8 Å². The number of hydrogen-bond acceptors (Lipinski definition) is 1. The molecule has 3 rings (SSSR count). The molecule has 0 spiro atoms. The van der Waals surface area contributed by atoms with Gasteiger partial charge in [0.05, 0.1) is 0 Å². The second-order valence-electron chi connectivity index (χ2n) is 5.14. The zero-order valence-electron chi connectivity index (χ0n) is 10.8. The van der Waals surface area contributed by atoms with Crippen molar-refractivity contribution in [1.29, 1.82) is 0 Å². The van der Waals surface area contributed by atoms with E-state index in [1.54, 1.807) is 0 Å². The topological polar surface area (TPSA) is 12.0 Å². The van der Waals surface area contributed by atoms with Gasteiger partial charge in [0.1, 0.15) is 0 Å².